The Balaban J connectivity index is 1.48. The van der Waals surface area contributed by atoms with Crippen LogP contribution in [-0.4, -0.2) is 18.2 Å². The molecule has 0 fully saturated rings. The van der Waals surface area contributed by atoms with Gasteiger partial charge >= 0.3 is 0 Å². The molecule has 5 heteroatoms. The summed E-state index contributed by atoms with van der Waals surface area (Å²) in [4.78, 5) is 24.9. The van der Waals surface area contributed by atoms with E-state index in [1.165, 1.54) is 0 Å². The Bertz CT molecular complexity index is 1130. The molecule has 3 aromatic rings. The highest BCUT2D eigenvalue weighted by molar-refractivity contribution is 9.10. The highest BCUT2D eigenvalue weighted by atomic mass is 79.9. The van der Waals surface area contributed by atoms with Crippen LogP contribution in [0.15, 0.2) is 77.0 Å². The van der Waals surface area contributed by atoms with Gasteiger partial charge in [-0.2, -0.15) is 0 Å². The maximum absolute atomic E-state index is 12.6. The highest BCUT2D eigenvalue weighted by Gasteiger charge is 2.28. The fourth-order valence-electron chi connectivity index (χ4n) is 3.01. The number of allylic oxidation sites excluding steroid dienone is 1. The first-order valence-corrected chi connectivity index (χ1v) is 9.86. The molecule has 0 saturated heterocycles. The lowest BCUT2D eigenvalue weighted by molar-refractivity contribution is 0.0921. The molecule has 0 spiro atoms. The van der Waals surface area contributed by atoms with E-state index < -0.39 is 0 Å². The van der Waals surface area contributed by atoms with Gasteiger partial charge in [-0.25, -0.2) is 0 Å². The number of fused-ring (bicyclic) bond motifs is 1. The molecule has 4 nitrogen and oxygen atoms in total. The number of carbonyl (C=O) groups is 2. The van der Waals surface area contributed by atoms with Gasteiger partial charge in [-0.15, -0.1) is 0 Å². The number of hydrogen-bond acceptors (Lipinski definition) is 4. The molecule has 0 radical (unpaired) electrons. The van der Waals surface area contributed by atoms with Crippen molar-refractivity contribution in [2.24, 2.45) is 0 Å². The van der Waals surface area contributed by atoms with E-state index in [0.29, 0.717) is 22.6 Å². The molecule has 1 aliphatic heterocycles. The Kier molecular flexibility index (Phi) is 5.32. The smallest absolute Gasteiger partial charge is 0.231 e. The van der Waals surface area contributed by atoms with Gasteiger partial charge in [-0.1, -0.05) is 52.3 Å². The predicted molar refractivity (Wildman–Crippen MR) is 115 cm³/mol. The van der Waals surface area contributed by atoms with Crippen LogP contribution in [0.4, 0.5) is 0 Å². The van der Waals surface area contributed by atoms with E-state index in [4.69, 9.17) is 9.47 Å². The van der Waals surface area contributed by atoms with Crippen molar-refractivity contribution in [2.75, 3.05) is 6.61 Å². The van der Waals surface area contributed by atoms with Gasteiger partial charge < -0.3 is 9.47 Å². The zero-order valence-corrected chi connectivity index (χ0v) is 17.2. The number of hydrogen-bond donors (Lipinski definition) is 0. The molecule has 0 aromatic heterocycles. The lowest BCUT2D eigenvalue weighted by Gasteiger charge is -2.07. The van der Waals surface area contributed by atoms with Crippen LogP contribution in [0.1, 0.15) is 31.8 Å². The zero-order valence-electron chi connectivity index (χ0n) is 15.6. The van der Waals surface area contributed by atoms with Crippen LogP contribution < -0.4 is 9.47 Å². The van der Waals surface area contributed by atoms with Crippen molar-refractivity contribution in [3.63, 3.8) is 0 Å². The van der Waals surface area contributed by atoms with E-state index in [1.54, 1.807) is 36.4 Å². The number of rotatable bonds is 5. The summed E-state index contributed by atoms with van der Waals surface area (Å²) in [6.07, 6.45) is 1.75. The average molecular weight is 449 g/mol. The van der Waals surface area contributed by atoms with Crippen LogP contribution in [0, 0.1) is 6.92 Å². The third kappa shape index (κ3) is 4.15. The summed E-state index contributed by atoms with van der Waals surface area (Å²) in [5.41, 5.74) is 3.05. The van der Waals surface area contributed by atoms with Crippen molar-refractivity contribution >= 4 is 33.6 Å². The minimum atomic E-state index is -0.166. The summed E-state index contributed by atoms with van der Waals surface area (Å²) in [5, 5.41) is 0. The number of Topliss-reactive ketones (excluding diaryl/α,β-unsaturated/α-hetero) is 2. The number of halogens is 1. The molecule has 0 bridgehead atoms. The van der Waals surface area contributed by atoms with E-state index in [2.05, 4.69) is 15.9 Å². The monoisotopic (exact) mass is 448 g/mol. The van der Waals surface area contributed by atoms with Crippen LogP contribution in [0.3, 0.4) is 0 Å². The molecule has 29 heavy (non-hydrogen) atoms. The quantitative estimate of drug-likeness (QED) is 0.374. The van der Waals surface area contributed by atoms with Gasteiger partial charge in [0.15, 0.2) is 18.1 Å². The Labute approximate surface area is 176 Å². The third-order valence-corrected chi connectivity index (χ3v) is 5.18. The summed E-state index contributed by atoms with van der Waals surface area (Å²) < 4.78 is 12.3. The standard InChI is InChI=1S/C24H17BrO4/c1-15-4-2-3-5-17(15)12-23-24(27)20-11-10-19(13-22(20)29-23)28-14-21(26)16-6-8-18(25)9-7-16/h2-13H,14H2,1H3/b23-12-. The summed E-state index contributed by atoms with van der Waals surface area (Å²) in [6, 6.07) is 19.9. The van der Waals surface area contributed by atoms with Crippen molar-refractivity contribution in [1.82, 2.24) is 0 Å². The Morgan fingerprint density at radius 3 is 2.59 bits per heavy atom. The average Bonchev–Trinajstić information content (AvgIpc) is 3.03. The summed E-state index contributed by atoms with van der Waals surface area (Å²) >= 11 is 3.34. The minimum Gasteiger partial charge on any atom is -0.485 e. The van der Waals surface area contributed by atoms with Crippen LogP contribution >= 0.6 is 15.9 Å². The maximum Gasteiger partial charge on any atom is 0.231 e. The summed E-state index contributed by atoms with van der Waals surface area (Å²) in [7, 11) is 0. The fraction of sp³-hybridized carbons (Fsp3) is 0.0833. The SMILES string of the molecule is Cc1ccccc1/C=C1\Oc2cc(OCC(=O)c3ccc(Br)cc3)ccc2C1=O. The molecular formula is C24H17BrO4. The lowest BCUT2D eigenvalue weighted by atomic mass is 10.1. The van der Waals surface area contributed by atoms with Gasteiger partial charge in [0.25, 0.3) is 0 Å². The second-order valence-corrected chi connectivity index (χ2v) is 7.59. The normalized spacial score (nSPS) is 13.9. The lowest BCUT2D eigenvalue weighted by Crippen LogP contribution is -2.11. The van der Waals surface area contributed by atoms with Gasteiger partial charge in [-0.3, -0.25) is 9.59 Å². The Hall–Kier alpha value is -3.18. The molecule has 4 rings (SSSR count). The zero-order chi connectivity index (χ0) is 20.4. The molecule has 0 atom stereocenters. The number of aryl methyl sites for hydroxylation is 1. The fourth-order valence-corrected chi connectivity index (χ4v) is 3.28. The summed E-state index contributed by atoms with van der Waals surface area (Å²) in [6.45, 7) is 1.88. The second-order valence-electron chi connectivity index (χ2n) is 6.67. The van der Waals surface area contributed by atoms with Crippen LogP contribution in [-0.2, 0) is 0 Å². The Morgan fingerprint density at radius 1 is 1.07 bits per heavy atom. The largest absolute Gasteiger partial charge is 0.485 e. The second kappa shape index (κ2) is 8.05. The first-order valence-electron chi connectivity index (χ1n) is 9.07. The highest BCUT2D eigenvalue weighted by Crippen LogP contribution is 2.35. The van der Waals surface area contributed by atoms with Crippen molar-refractivity contribution in [3.8, 4) is 11.5 Å². The van der Waals surface area contributed by atoms with Gasteiger partial charge in [0.2, 0.25) is 5.78 Å². The van der Waals surface area contributed by atoms with Crippen LogP contribution in [0.2, 0.25) is 0 Å². The van der Waals surface area contributed by atoms with Gasteiger partial charge in [0.1, 0.15) is 11.5 Å². The third-order valence-electron chi connectivity index (χ3n) is 4.65. The van der Waals surface area contributed by atoms with Crippen molar-refractivity contribution < 1.29 is 19.1 Å². The molecule has 0 saturated carbocycles. The van der Waals surface area contributed by atoms with Gasteiger partial charge in [0, 0.05) is 16.1 Å². The maximum atomic E-state index is 12.6. The number of benzene rings is 3. The van der Waals surface area contributed by atoms with Gasteiger partial charge in [-0.05, 0) is 48.4 Å². The molecule has 144 valence electrons. The van der Waals surface area contributed by atoms with Crippen molar-refractivity contribution in [1.29, 1.82) is 0 Å². The number of ether oxygens (including phenoxy) is 2. The molecular weight excluding hydrogens is 432 g/mol. The molecule has 3 aromatic carbocycles. The van der Waals surface area contributed by atoms with E-state index in [0.717, 1.165) is 15.6 Å². The predicted octanol–water partition coefficient (Wildman–Crippen LogP) is 5.64. The molecule has 0 unspecified atom stereocenters. The molecule has 0 amide bonds. The first kappa shape index (κ1) is 19.2. The number of ketones is 2. The molecule has 1 aliphatic rings. The molecule has 1 heterocycles. The Morgan fingerprint density at radius 2 is 1.83 bits per heavy atom. The van der Waals surface area contributed by atoms with E-state index in [-0.39, 0.29) is 23.9 Å². The molecule has 0 N–H and O–H groups in total. The van der Waals surface area contributed by atoms with Crippen molar-refractivity contribution in [2.45, 2.75) is 6.92 Å². The van der Waals surface area contributed by atoms with E-state index >= 15 is 0 Å². The van der Waals surface area contributed by atoms with Gasteiger partial charge in [0.05, 0.1) is 5.56 Å². The first-order chi connectivity index (χ1) is 14.0. The number of carbonyl (C=O) groups excluding carboxylic acids is 2. The van der Waals surface area contributed by atoms with E-state index in [1.807, 2.05) is 43.3 Å². The van der Waals surface area contributed by atoms with E-state index in [9.17, 15) is 9.59 Å². The van der Waals surface area contributed by atoms with Crippen molar-refractivity contribution in [3.05, 3.63) is 99.2 Å². The summed E-state index contributed by atoms with van der Waals surface area (Å²) in [5.74, 6) is 0.885. The van der Waals surface area contributed by atoms with Crippen LogP contribution in [0.5, 0.6) is 11.5 Å². The minimum absolute atomic E-state index is 0.0970. The van der Waals surface area contributed by atoms with Crippen LogP contribution in [0.25, 0.3) is 6.08 Å². The topological polar surface area (TPSA) is 52.6 Å². The molecule has 0 aliphatic carbocycles.